The summed E-state index contributed by atoms with van der Waals surface area (Å²) >= 11 is 5.71. The molecule has 0 aliphatic rings. The molecule has 0 bridgehead atoms. The van der Waals surface area contributed by atoms with Crippen molar-refractivity contribution in [3.05, 3.63) is 16.9 Å². The first kappa shape index (κ1) is 11.0. The van der Waals surface area contributed by atoms with Crippen LogP contribution in [0.3, 0.4) is 0 Å². The minimum absolute atomic E-state index is 0.164. The van der Waals surface area contributed by atoms with Crippen LogP contribution >= 0.6 is 11.6 Å². The van der Waals surface area contributed by atoms with E-state index in [4.69, 9.17) is 17.3 Å². The number of aromatic nitrogens is 2. The Hall–Kier alpha value is -1.05. The molecule has 0 aliphatic carbocycles. The topological polar surface area (TPSA) is 51.8 Å². The summed E-state index contributed by atoms with van der Waals surface area (Å²) in [6.45, 7) is 6.48. The highest BCUT2D eigenvalue weighted by molar-refractivity contribution is 6.83. The zero-order valence-corrected chi connectivity index (χ0v) is 10.2. The number of rotatable bonds is 0. The Morgan fingerprint density at radius 2 is 2.00 bits per heavy atom. The van der Waals surface area contributed by atoms with Crippen LogP contribution in [0.15, 0.2) is 6.07 Å². The van der Waals surface area contributed by atoms with Crippen LogP contribution in [0.5, 0.6) is 0 Å². The van der Waals surface area contributed by atoms with E-state index in [1.165, 1.54) is 0 Å². The van der Waals surface area contributed by atoms with Gasteiger partial charge in [0, 0.05) is 6.07 Å². The Bertz CT molecular complexity index is 380. The third-order valence-corrected chi connectivity index (χ3v) is 2.35. The van der Waals surface area contributed by atoms with Gasteiger partial charge >= 0.3 is 0 Å². The predicted molar refractivity (Wildman–Crippen MR) is 61.7 cm³/mol. The van der Waals surface area contributed by atoms with Crippen molar-refractivity contribution in [3.8, 4) is 11.5 Å². The molecule has 0 saturated heterocycles. The van der Waals surface area contributed by atoms with Gasteiger partial charge in [0.1, 0.15) is 18.9 Å². The van der Waals surface area contributed by atoms with Gasteiger partial charge in [-0.3, -0.25) is 0 Å². The molecule has 0 aliphatic heterocycles. The van der Waals surface area contributed by atoms with Crippen LogP contribution < -0.4 is 5.73 Å². The molecule has 1 rings (SSSR count). The number of nitrogens with zero attached hydrogens (tertiary/aromatic N) is 2. The summed E-state index contributed by atoms with van der Waals surface area (Å²) in [6.07, 6.45) is 0. The molecule has 14 heavy (non-hydrogen) atoms. The van der Waals surface area contributed by atoms with Crippen LogP contribution in [0.1, 0.15) is 5.69 Å². The van der Waals surface area contributed by atoms with Crippen molar-refractivity contribution in [3.63, 3.8) is 0 Å². The zero-order chi connectivity index (χ0) is 10.8. The number of halogens is 1. The summed E-state index contributed by atoms with van der Waals surface area (Å²) in [7, 11) is -1.38. The van der Waals surface area contributed by atoms with Gasteiger partial charge in [-0.05, 0) is 0 Å². The Labute approximate surface area is 89.7 Å². The molecule has 1 heterocycles. The third kappa shape index (κ3) is 3.77. The van der Waals surface area contributed by atoms with E-state index in [2.05, 4.69) is 41.1 Å². The maximum atomic E-state index is 5.71. The normalized spacial score (nSPS) is 10.6. The molecule has 74 valence electrons. The molecule has 1 aromatic heterocycles. The first-order chi connectivity index (χ1) is 6.37. The molecule has 0 aromatic carbocycles. The number of nitrogens with two attached hydrogens (primary N) is 1. The summed E-state index contributed by atoms with van der Waals surface area (Å²) in [5.41, 5.74) is 9.20. The Balaban J connectivity index is 3.02. The molecular weight excluding hydrogens is 214 g/mol. The molecule has 0 spiro atoms. The van der Waals surface area contributed by atoms with Crippen molar-refractivity contribution >= 4 is 25.6 Å². The van der Waals surface area contributed by atoms with E-state index < -0.39 is 8.07 Å². The number of hydrogen-bond donors (Lipinski definition) is 1. The first-order valence-electron chi connectivity index (χ1n) is 4.20. The highest BCUT2D eigenvalue weighted by atomic mass is 35.5. The van der Waals surface area contributed by atoms with Gasteiger partial charge in [-0.2, -0.15) is 0 Å². The van der Waals surface area contributed by atoms with Crippen molar-refractivity contribution in [1.82, 2.24) is 9.97 Å². The van der Waals surface area contributed by atoms with Crippen molar-refractivity contribution < 1.29 is 0 Å². The second-order valence-electron chi connectivity index (χ2n) is 3.93. The van der Waals surface area contributed by atoms with Gasteiger partial charge in [-0.1, -0.05) is 37.2 Å². The molecule has 0 amide bonds. The van der Waals surface area contributed by atoms with E-state index in [9.17, 15) is 0 Å². The van der Waals surface area contributed by atoms with Crippen LogP contribution in [0.2, 0.25) is 24.8 Å². The van der Waals surface area contributed by atoms with E-state index in [1.54, 1.807) is 6.07 Å². The molecule has 1 aromatic rings. The summed E-state index contributed by atoms with van der Waals surface area (Å²) in [5.74, 6) is 3.13. The number of hydrogen-bond acceptors (Lipinski definition) is 3. The standard InChI is InChI=1S/C9H12ClN3Si/c1-14(2,3)5-4-7-6-8(10)13-9(11)12-7/h6H,1-3H3,(H2,11,12,13). The maximum absolute atomic E-state index is 5.71. The molecule has 0 radical (unpaired) electrons. The van der Waals surface area contributed by atoms with Crippen molar-refractivity contribution in [2.24, 2.45) is 0 Å². The third-order valence-electron chi connectivity index (χ3n) is 1.28. The fraction of sp³-hybridized carbons (Fsp3) is 0.333. The average molecular weight is 226 g/mol. The quantitative estimate of drug-likeness (QED) is 0.417. The van der Waals surface area contributed by atoms with E-state index >= 15 is 0 Å². The van der Waals surface area contributed by atoms with Crippen LogP contribution in [0.25, 0.3) is 0 Å². The maximum Gasteiger partial charge on any atom is 0.222 e. The summed E-state index contributed by atoms with van der Waals surface area (Å²) in [4.78, 5) is 7.72. The number of nitrogen functional groups attached to an aromatic ring is 1. The Morgan fingerprint density at radius 3 is 2.50 bits per heavy atom. The van der Waals surface area contributed by atoms with E-state index in [-0.39, 0.29) is 5.95 Å². The largest absolute Gasteiger partial charge is 0.368 e. The van der Waals surface area contributed by atoms with Crippen molar-refractivity contribution in [2.75, 3.05) is 5.73 Å². The second-order valence-corrected chi connectivity index (χ2v) is 9.07. The average Bonchev–Trinajstić information content (AvgIpc) is 1.97. The lowest BCUT2D eigenvalue weighted by Gasteiger charge is -2.03. The molecule has 0 atom stereocenters. The molecular formula is C9H12ClN3Si. The smallest absolute Gasteiger partial charge is 0.222 e. The minimum atomic E-state index is -1.38. The predicted octanol–water partition coefficient (Wildman–Crippen LogP) is 1.94. The van der Waals surface area contributed by atoms with Gasteiger partial charge in [0.15, 0.2) is 0 Å². The van der Waals surface area contributed by atoms with E-state index in [1.807, 2.05) is 0 Å². The first-order valence-corrected chi connectivity index (χ1v) is 8.08. The van der Waals surface area contributed by atoms with E-state index in [0.29, 0.717) is 10.8 Å². The van der Waals surface area contributed by atoms with Gasteiger partial charge in [0.05, 0.1) is 0 Å². The van der Waals surface area contributed by atoms with Crippen molar-refractivity contribution in [1.29, 1.82) is 0 Å². The molecule has 0 fully saturated rings. The van der Waals surface area contributed by atoms with Crippen LogP contribution in [-0.4, -0.2) is 18.0 Å². The molecule has 2 N–H and O–H groups in total. The highest BCUT2D eigenvalue weighted by Gasteiger charge is 2.07. The molecule has 0 saturated carbocycles. The Morgan fingerprint density at radius 1 is 1.36 bits per heavy atom. The summed E-state index contributed by atoms with van der Waals surface area (Å²) < 4.78 is 0. The molecule has 0 unspecified atom stereocenters. The monoisotopic (exact) mass is 225 g/mol. The van der Waals surface area contributed by atoms with Crippen molar-refractivity contribution in [2.45, 2.75) is 19.6 Å². The SMILES string of the molecule is C[Si](C)(C)C#Cc1cc(Cl)nc(N)n1. The van der Waals surface area contributed by atoms with Gasteiger partial charge in [-0.15, -0.1) is 5.54 Å². The molecule has 5 heteroatoms. The van der Waals surface area contributed by atoms with Gasteiger partial charge in [0.2, 0.25) is 5.95 Å². The summed E-state index contributed by atoms with van der Waals surface area (Å²) in [5, 5.41) is 0.331. The minimum Gasteiger partial charge on any atom is -0.368 e. The fourth-order valence-electron chi connectivity index (χ4n) is 0.751. The highest BCUT2D eigenvalue weighted by Crippen LogP contribution is 2.07. The van der Waals surface area contributed by atoms with Crippen LogP contribution in [0.4, 0.5) is 5.95 Å². The van der Waals surface area contributed by atoms with Crippen LogP contribution in [-0.2, 0) is 0 Å². The second kappa shape index (κ2) is 3.99. The molecule has 3 nitrogen and oxygen atoms in total. The fourth-order valence-corrected chi connectivity index (χ4v) is 1.44. The van der Waals surface area contributed by atoms with Gasteiger partial charge in [0.25, 0.3) is 0 Å². The lowest BCUT2D eigenvalue weighted by molar-refractivity contribution is 1.17. The van der Waals surface area contributed by atoms with Gasteiger partial charge in [-0.25, -0.2) is 9.97 Å². The lowest BCUT2D eigenvalue weighted by Crippen LogP contribution is -2.16. The number of anilines is 1. The Kier molecular flexibility index (Phi) is 3.14. The zero-order valence-electron chi connectivity index (χ0n) is 8.43. The van der Waals surface area contributed by atoms with E-state index in [0.717, 1.165) is 0 Å². The van der Waals surface area contributed by atoms with Gasteiger partial charge < -0.3 is 5.73 Å². The lowest BCUT2D eigenvalue weighted by atomic mass is 10.4. The summed E-state index contributed by atoms with van der Waals surface area (Å²) in [6, 6.07) is 1.62. The van der Waals surface area contributed by atoms with Crippen LogP contribution in [0, 0.1) is 11.5 Å².